The quantitative estimate of drug-likeness (QED) is 0.273. The summed E-state index contributed by atoms with van der Waals surface area (Å²) in [5.41, 5.74) is 0.797. The molecule has 188 valence electrons. The standard InChI is InChI=1S/C25H17Cl2F3N6O/c1-14-10-22(34-35(14)13-15-2-6-17(26)7-3-15)32-24(37)20-12-23-31-19(16-4-8-18(27)9-5-16)11-21(25(28,29)30)36(23)33-20/h2-12H,13H2,1H3,(H,32,34,37). The molecule has 0 atom stereocenters. The van der Waals surface area contributed by atoms with Gasteiger partial charge < -0.3 is 5.32 Å². The number of halogens is 5. The Morgan fingerprint density at radius 3 is 2.24 bits per heavy atom. The maximum atomic E-state index is 13.9. The number of amides is 1. The third kappa shape index (κ3) is 5.30. The molecule has 1 amide bonds. The zero-order valence-electron chi connectivity index (χ0n) is 19.1. The van der Waals surface area contributed by atoms with E-state index in [9.17, 15) is 18.0 Å². The van der Waals surface area contributed by atoms with E-state index in [4.69, 9.17) is 23.2 Å². The molecule has 5 rings (SSSR count). The molecule has 0 aliphatic heterocycles. The van der Waals surface area contributed by atoms with E-state index in [1.165, 1.54) is 6.07 Å². The van der Waals surface area contributed by atoms with Gasteiger partial charge in [0, 0.05) is 33.4 Å². The second-order valence-electron chi connectivity index (χ2n) is 8.24. The number of rotatable bonds is 5. The Kier molecular flexibility index (Phi) is 6.38. The van der Waals surface area contributed by atoms with Gasteiger partial charge in [0.1, 0.15) is 0 Å². The summed E-state index contributed by atoms with van der Waals surface area (Å²) >= 11 is 11.8. The van der Waals surface area contributed by atoms with Crippen molar-refractivity contribution in [1.82, 2.24) is 24.4 Å². The highest BCUT2D eigenvalue weighted by molar-refractivity contribution is 6.30. The van der Waals surface area contributed by atoms with Gasteiger partial charge in [-0.3, -0.25) is 9.48 Å². The Hall–Kier alpha value is -3.89. The zero-order chi connectivity index (χ0) is 26.3. The van der Waals surface area contributed by atoms with Gasteiger partial charge in [-0.2, -0.15) is 23.4 Å². The van der Waals surface area contributed by atoms with Crippen molar-refractivity contribution in [2.24, 2.45) is 0 Å². The molecule has 0 bridgehead atoms. The Balaban J connectivity index is 1.44. The molecule has 0 aliphatic rings. The molecule has 0 saturated heterocycles. The van der Waals surface area contributed by atoms with Crippen LogP contribution in [0.4, 0.5) is 19.0 Å². The molecule has 2 aromatic carbocycles. The Morgan fingerprint density at radius 2 is 1.59 bits per heavy atom. The molecule has 0 unspecified atom stereocenters. The highest BCUT2D eigenvalue weighted by atomic mass is 35.5. The van der Waals surface area contributed by atoms with E-state index in [1.54, 1.807) is 47.1 Å². The molecule has 0 saturated carbocycles. The fourth-order valence-corrected chi connectivity index (χ4v) is 3.98. The van der Waals surface area contributed by atoms with Gasteiger partial charge in [0.15, 0.2) is 22.9 Å². The van der Waals surface area contributed by atoms with Gasteiger partial charge in [0.2, 0.25) is 0 Å². The first-order valence-corrected chi connectivity index (χ1v) is 11.7. The van der Waals surface area contributed by atoms with Crippen LogP contribution in [-0.4, -0.2) is 30.3 Å². The second-order valence-corrected chi connectivity index (χ2v) is 9.11. The van der Waals surface area contributed by atoms with Crippen molar-refractivity contribution in [3.05, 3.63) is 99.4 Å². The van der Waals surface area contributed by atoms with Crippen molar-refractivity contribution >= 4 is 40.6 Å². The number of carbonyl (C=O) groups is 1. The minimum Gasteiger partial charge on any atom is -0.304 e. The van der Waals surface area contributed by atoms with Crippen molar-refractivity contribution in [2.45, 2.75) is 19.6 Å². The molecule has 12 heteroatoms. The number of nitrogens with one attached hydrogen (secondary N) is 1. The summed E-state index contributed by atoms with van der Waals surface area (Å²) in [7, 11) is 0. The first-order valence-electron chi connectivity index (χ1n) is 10.9. The van der Waals surface area contributed by atoms with Gasteiger partial charge >= 0.3 is 6.18 Å². The van der Waals surface area contributed by atoms with Gasteiger partial charge in [-0.05, 0) is 42.8 Å². The number of hydrogen-bond acceptors (Lipinski definition) is 4. The first-order chi connectivity index (χ1) is 17.6. The van der Waals surface area contributed by atoms with Crippen molar-refractivity contribution in [3.63, 3.8) is 0 Å². The number of hydrogen-bond donors (Lipinski definition) is 1. The Labute approximate surface area is 218 Å². The fourth-order valence-electron chi connectivity index (χ4n) is 3.73. The van der Waals surface area contributed by atoms with Crippen LogP contribution in [0, 0.1) is 6.92 Å². The number of carbonyl (C=O) groups excluding carboxylic acids is 1. The van der Waals surface area contributed by atoms with Crippen LogP contribution >= 0.6 is 23.2 Å². The molecule has 3 aromatic heterocycles. The maximum absolute atomic E-state index is 13.9. The third-order valence-electron chi connectivity index (χ3n) is 5.56. The van der Waals surface area contributed by atoms with Crippen LogP contribution in [0.5, 0.6) is 0 Å². The predicted octanol–water partition coefficient (Wildman–Crippen LogP) is 6.53. The molecule has 1 N–H and O–H groups in total. The lowest BCUT2D eigenvalue weighted by Gasteiger charge is -2.11. The van der Waals surface area contributed by atoms with Crippen LogP contribution in [0.3, 0.4) is 0 Å². The molecule has 3 heterocycles. The summed E-state index contributed by atoms with van der Waals surface area (Å²) in [5.74, 6) is -0.484. The van der Waals surface area contributed by atoms with Gasteiger partial charge in [-0.25, -0.2) is 9.50 Å². The Bertz CT molecular complexity index is 1610. The zero-order valence-corrected chi connectivity index (χ0v) is 20.6. The number of anilines is 1. The molecule has 37 heavy (non-hydrogen) atoms. The summed E-state index contributed by atoms with van der Waals surface area (Å²) in [6.45, 7) is 2.26. The monoisotopic (exact) mass is 544 g/mol. The van der Waals surface area contributed by atoms with E-state index in [2.05, 4.69) is 20.5 Å². The number of aromatic nitrogens is 5. The van der Waals surface area contributed by atoms with Gasteiger partial charge in [0.25, 0.3) is 5.91 Å². The van der Waals surface area contributed by atoms with Crippen LogP contribution in [0.25, 0.3) is 16.9 Å². The van der Waals surface area contributed by atoms with Crippen LogP contribution in [-0.2, 0) is 12.7 Å². The topological polar surface area (TPSA) is 77.1 Å². The smallest absolute Gasteiger partial charge is 0.304 e. The summed E-state index contributed by atoms with van der Waals surface area (Å²) in [6.07, 6.45) is -4.74. The summed E-state index contributed by atoms with van der Waals surface area (Å²) in [6, 6.07) is 17.2. The molecule has 0 spiro atoms. The average Bonchev–Trinajstić information content (AvgIpc) is 3.42. The minimum atomic E-state index is -4.74. The Morgan fingerprint density at radius 1 is 0.946 bits per heavy atom. The van der Waals surface area contributed by atoms with Crippen molar-refractivity contribution in [1.29, 1.82) is 0 Å². The number of nitrogens with zero attached hydrogens (tertiary/aromatic N) is 5. The molecule has 5 aromatic rings. The van der Waals surface area contributed by atoms with Crippen molar-refractivity contribution in [2.75, 3.05) is 5.32 Å². The fraction of sp³-hybridized carbons (Fsp3) is 0.120. The summed E-state index contributed by atoms with van der Waals surface area (Å²) in [4.78, 5) is 17.2. The number of aryl methyl sites for hydroxylation is 1. The normalized spacial score (nSPS) is 11.7. The third-order valence-corrected chi connectivity index (χ3v) is 6.06. The average molecular weight is 545 g/mol. The first kappa shape index (κ1) is 24.8. The van der Waals surface area contributed by atoms with Crippen LogP contribution in [0.1, 0.15) is 27.4 Å². The van der Waals surface area contributed by atoms with E-state index in [1.807, 2.05) is 19.1 Å². The lowest BCUT2D eigenvalue weighted by molar-refractivity contribution is -0.142. The lowest BCUT2D eigenvalue weighted by atomic mass is 10.1. The SMILES string of the molecule is Cc1cc(NC(=O)c2cc3nc(-c4ccc(Cl)cc4)cc(C(F)(F)F)n3n2)nn1Cc1ccc(Cl)cc1. The van der Waals surface area contributed by atoms with Gasteiger partial charge in [-0.15, -0.1) is 0 Å². The van der Waals surface area contributed by atoms with E-state index in [-0.39, 0.29) is 22.9 Å². The molecule has 0 aliphatic carbocycles. The maximum Gasteiger partial charge on any atom is 0.433 e. The largest absolute Gasteiger partial charge is 0.433 e. The highest BCUT2D eigenvalue weighted by Crippen LogP contribution is 2.32. The molecule has 0 radical (unpaired) electrons. The van der Waals surface area contributed by atoms with Crippen LogP contribution < -0.4 is 5.32 Å². The lowest BCUT2D eigenvalue weighted by Crippen LogP contribution is -2.16. The van der Waals surface area contributed by atoms with Gasteiger partial charge in [0.05, 0.1) is 12.2 Å². The van der Waals surface area contributed by atoms with Crippen LogP contribution in [0.2, 0.25) is 10.0 Å². The van der Waals surface area contributed by atoms with Crippen molar-refractivity contribution < 1.29 is 18.0 Å². The predicted molar refractivity (Wildman–Crippen MR) is 134 cm³/mol. The van der Waals surface area contributed by atoms with E-state index >= 15 is 0 Å². The summed E-state index contributed by atoms with van der Waals surface area (Å²) < 4.78 is 43.9. The summed E-state index contributed by atoms with van der Waals surface area (Å²) in [5, 5.41) is 11.9. The molecule has 7 nitrogen and oxygen atoms in total. The van der Waals surface area contributed by atoms with E-state index < -0.39 is 17.8 Å². The van der Waals surface area contributed by atoms with Gasteiger partial charge in [-0.1, -0.05) is 47.5 Å². The van der Waals surface area contributed by atoms with E-state index in [0.717, 1.165) is 17.3 Å². The van der Waals surface area contributed by atoms with Crippen LogP contribution in [0.15, 0.2) is 66.7 Å². The highest BCUT2D eigenvalue weighted by Gasteiger charge is 2.35. The number of alkyl halides is 3. The molecule has 0 fully saturated rings. The van der Waals surface area contributed by atoms with Crippen molar-refractivity contribution in [3.8, 4) is 11.3 Å². The minimum absolute atomic E-state index is 0.0694. The number of benzene rings is 2. The molecular formula is C25H17Cl2F3N6O. The second kappa shape index (κ2) is 9.53. The molecular weight excluding hydrogens is 528 g/mol. The van der Waals surface area contributed by atoms with E-state index in [0.29, 0.717) is 26.7 Å². The number of fused-ring (bicyclic) bond motifs is 1.